The van der Waals surface area contributed by atoms with Crippen molar-refractivity contribution in [2.75, 3.05) is 0 Å². The summed E-state index contributed by atoms with van der Waals surface area (Å²) in [5.41, 5.74) is 0.482. The van der Waals surface area contributed by atoms with E-state index in [1.807, 2.05) is 0 Å². The van der Waals surface area contributed by atoms with Crippen molar-refractivity contribution in [3.63, 3.8) is 0 Å². The summed E-state index contributed by atoms with van der Waals surface area (Å²) in [5, 5.41) is 8.79. The molecule has 0 radical (unpaired) electrons. The number of fused-ring (bicyclic) bond motifs is 2. The largest absolute Gasteiger partial charge is 0.435 e. The van der Waals surface area contributed by atoms with E-state index < -0.39 is 0 Å². The van der Waals surface area contributed by atoms with Gasteiger partial charge in [-0.25, -0.2) is 0 Å². The van der Waals surface area contributed by atoms with Crippen molar-refractivity contribution < 1.29 is 9.68 Å². The Labute approximate surface area is 81.0 Å². The second-order valence-corrected chi connectivity index (χ2v) is 5.58. The van der Waals surface area contributed by atoms with E-state index in [1.165, 1.54) is 6.42 Å². The van der Waals surface area contributed by atoms with Gasteiger partial charge in [0.15, 0.2) is 0 Å². The Morgan fingerprint density at radius 2 is 1.77 bits per heavy atom. The van der Waals surface area contributed by atoms with Crippen molar-refractivity contribution in [3.05, 3.63) is 0 Å². The lowest BCUT2D eigenvalue weighted by atomic mass is 9.46. The van der Waals surface area contributed by atoms with E-state index in [0.29, 0.717) is 5.41 Å². The molecule has 2 nitrogen and oxygen atoms in total. The average Bonchev–Trinajstić information content (AvgIpc) is 2.04. The summed E-state index contributed by atoms with van der Waals surface area (Å²) in [7, 11) is -0.129. The summed E-state index contributed by atoms with van der Waals surface area (Å²) < 4.78 is 5.42. The van der Waals surface area contributed by atoms with Crippen LogP contribution >= 0.6 is 0 Å². The number of rotatable bonds is 2. The molecule has 74 valence electrons. The van der Waals surface area contributed by atoms with Gasteiger partial charge in [-0.15, -0.1) is 0 Å². The van der Waals surface area contributed by atoms with E-state index >= 15 is 0 Å². The molecule has 3 aliphatic carbocycles. The van der Waals surface area contributed by atoms with Gasteiger partial charge in [-0.3, -0.25) is 0 Å². The number of hydrogen-bond acceptors (Lipinski definition) is 2. The van der Waals surface area contributed by atoms with Gasteiger partial charge in [-0.1, -0.05) is 13.8 Å². The van der Waals surface area contributed by atoms with E-state index in [9.17, 15) is 0 Å². The SMILES string of the molecule is CC1(C)[C@@H]2C[C@H]1C[C@@](C)(OBO)C2. The molecule has 2 bridgehead atoms. The van der Waals surface area contributed by atoms with E-state index in [0.717, 1.165) is 24.7 Å². The maximum absolute atomic E-state index is 8.79. The molecule has 3 heteroatoms. The highest BCUT2D eigenvalue weighted by molar-refractivity contribution is 6.16. The van der Waals surface area contributed by atoms with Crippen LogP contribution in [0.1, 0.15) is 40.0 Å². The molecule has 3 fully saturated rings. The predicted molar refractivity (Wildman–Crippen MR) is 53.5 cm³/mol. The van der Waals surface area contributed by atoms with Crippen molar-refractivity contribution in [2.24, 2.45) is 17.3 Å². The van der Waals surface area contributed by atoms with Crippen LogP contribution in [0.25, 0.3) is 0 Å². The first-order chi connectivity index (χ1) is 5.98. The standard InChI is InChI=1S/C10H19BO2/c1-9(2)7-4-8(9)6-10(3,5-7)13-11-12/h7-8,11-12H,4-6H2,1-3H3/t7-,8+,10+. The molecule has 0 unspecified atom stereocenters. The summed E-state index contributed by atoms with van der Waals surface area (Å²) in [4.78, 5) is 0. The first-order valence-corrected chi connectivity index (χ1v) is 5.23. The Balaban J connectivity index is 2.03. The van der Waals surface area contributed by atoms with E-state index in [1.54, 1.807) is 0 Å². The monoisotopic (exact) mass is 182 g/mol. The zero-order valence-corrected chi connectivity index (χ0v) is 8.84. The number of hydrogen-bond donors (Lipinski definition) is 1. The zero-order valence-electron chi connectivity index (χ0n) is 8.84. The zero-order chi connectivity index (χ0) is 9.69. The molecule has 0 aromatic carbocycles. The molecular weight excluding hydrogens is 163 g/mol. The smallest absolute Gasteiger partial charge is 0.430 e. The fourth-order valence-corrected chi connectivity index (χ4v) is 3.22. The Morgan fingerprint density at radius 1 is 1.23 bits per heavy atom. The highest BCUT2D eigenvalue weighted by Crippen LogP contribution is 2.62. The topological polar surface area (TPSA) is 29.5 Å². The molecule has 3 aliphatic rings. The van der Waals surface area contributed by atoms with Gasteiger partial charge in [-0.05, 0) is 43.4 Å². The maximum Gasteiger partial charge on any atom is 0.435 e. The predicted octanol–water partition coefficient (Wildman–Crippen LogP) is 1.48. The van der Waals surface area contributed by atoms with Crippen LogP contribution in [-0.4, -0.2) is 18.3 Å². The Bertz CT molecular complexity index is 201. The van der Waals surface area contributed by atoms with Crippen LogP contribution in [0.15, 0.2) is 0 Å². The molecule has 0 amide bonds. The van der Waals surface area contributed by atoms with Crippen molar-refractivity contribution in [1.29, 1.82) is 0 Å². The molecule has 0 saturated heterocycles. The third-order valence-corrected chi connectivity index (χ3v) is 4.44. The lowest BCUT2D eigenvalue weighted by molar-refractivity contribution is -0.150. The first-order valence-electron chi connectivity index (χ1n) is 5.23. The van der Waals surface area contributed by atoms with Gasteiger partial charge in [0.25, 0.3) is 0 Å². The highest BCUT2D eigenvalue weighted by atomic mass is 16.5. The molecular formula is C10H19BO2. The molecule has 0 heterocycles. The second-order valence-electron chi connectivity index (χ2n) is 5.58. The summed E-state index contributed by atoms with van der Waals surface area (Å²) in [5.74, 6) is 1.62. The first kappa shape index (κ1) is 9.54. The molecule has 0 spiro atoms. The third-order valence-electron chi connectivity index (χ3n) is 4.44. The van der Waals surface area contributed by atoms with Crippen LogP contribution < -0.4 is 0 Å². The molecule has 1 N–H and O–H groups in total. The van der Waals surface area contributed by atoms with Crippen LogP contribution in [0.5, 0.6) is 0 Å². The minimum atomic E-state index is -0.129. The van der Waals surface area contributed by atoms with Gasteiger partial charge in [0, 0.05) is 0 Å². The Hall–Kier alpha value is -0.0151. The second kappa shape index (κ2) is 2.74. The lowest BCUT2D eigenvalue weighted by Crippen LogP contribution is -2.57. The van der Waals surface area contributed by atoms with Gasteiger partial charge in [-0.2, -0.15) is 0 Å². The molecule has 0 aliphatic heterocycles. The van der Waals surface area contributed by atoms with Crippen LogP contribution in [-0.2, 0) is 4.65 Å². The van der Waals surface area contributed by atoms with Crippen molar-refractivity contribution in [3.8, 4) is 0 Å². The molecule has 0 aromatic heterocycles. The van der Waals surface area contributed by atoms with Gasteiger partial charge >= 0.3 is 7.69 Å². The van der Waals surface area contributed by atoms with E-state index in [-0.39, 0.29) is 13.3 Å². The molecule has 3 rings (SSSR count). The average molecular weight is 182 g/mol. The molecule has 3 atom stereocenters. The molecule has 3 saturated carbocycles. The van der Waals surface area contributed by atoms with E-state index in [4.69, 9.17) is 9.68 Å². The van der Waals surface area contributed by atoms with Crippen LogP contribution in [0.2, 0.25) is 0 Å². The maximum atomic E-state index is 8.79. The normalized spacial score (nSPS) is 46.8. The van der Waals surface area contributed by atoms with Crippen molar-refractivity contribution >= 4 is 7.69 Å². The van der Waals surface area contributed by atoms with Crippen molar-refractivity contribution in [1.82, 2.24) is 0 Å². The lowest BCUT2D eigenvalue weighted by Gasteiger charge is -2.61. The highest BCUT2D eigenvalue weighted by Gasteiger charge is 2.56. The summed E-state index contributed by atoms with van der Waals surface area (Å²) in [6.45, 7) is 6.87. The Kier molecular flexibility index (Phi) is 2.01. The summed E-state index contributed by atoms with van der Waals surface area (Å²) in [6.07, 6.45) is 3.62. The fourth-order valence-electron chi connectivity index (χ4n) is 3.22. The van der Waals surface area contributed by atoms with Crippen LogP contribution in [0.4, 0.5) is 0 Å². The molecule has 13 heavy (non-hydrogen) atoms. The van der Waals surface area contributed by atoms with Gasteiger partial charge in [0.1, 0.15) is 0 Å². The minimum Gasteiger partial charge on any atom is -0.430 e. The van der Waals surface area contributed by atoms with Crippen molar-refractivity contribution in [2.45, 2.75) is 45.6 Å². The van der Waals surface area contributed by atoms with Crippen LogP contribution in [0, 0.1) is 17.3 Å². The van der Waals surface area contributed by atoms with Gasteiger partial charge in [0.05, 0.1) is 5.60 Å². The quantitative estimate of drug-likeness (QED) is 0.655. The fraction of sp³-hybridized carbons (Fsp3) is 1.00. The summed E-state index contributed by atoms with van der Waals surface area (Å²) in [6, 6.07) is 0. The third kappa shape index (κ3) is 1.33. The molecule has 0 aromatic rings. The summed E-state index contributed by atoms with van der Waals surface area (Å²) >= 11 is 0. The Morgan fingerprint density at radius 3 is 2.15 bits per heavy atom. The van der Waals surface area contributed by atoms with Gasteiger partial charge < -0.3 is 9.68 Å². The van der Waals surface area contributed by atoms with Crippen LogP contribution in [0.3, 0.4) is 0 Å². The minimum absolute atomic E-state index is 0.0438. The van der Waals surface area contributed by atoms with E-state index in [2.05, 4.69) is 20.8 Å². The van der Waals surface area contributed by atoms with Gasteiger partial charge in [0.2, 0.25) is 0 Å².